The highest BCUT2D eigenvalue weighted by molar-refractivity contribution is 7.80. The molecule has 0 bridgehead atoms. The molecule has 0 fully saturated rings. The molecule has 9 heteroatoms. The van der Waals surface area contributed by atoms with E-state index < -0.39 is 5.91 Å². The van der Waals surface area contributed by atoms with Gasteiger partial charge >= 0.3 is 0 Å². The van der Waals surface area contributed by atoms with Gasteiger partial charge in [0.25, 0.3) is 0 Å². The van der Waals surface area contributed by atoms with Gasteiger partial charge < -0.3 is 5.32 Å². The van der Waals surface area contributed by atoms with Crippen LogP contribution in [0.25, 0.3) is 16.3 Å². The Morgan fingerprint density at radius 1 is 1.23 bits per heavy atom. The quantitative estimate of drug-likeness (QED) is 0.443. The van der Waals surface area contributed by atoms with Gasteiger partial charge in [-0.1, -0.05) is 40.6 Å². The lowest BCUT2D eigenvalue weighted by molar-refractivity contribution is -0.115. The normalized spacial score (nSPS) is 11.0. The van der Waals surface area contributed by atoms with Crippen LogP contribution in [-0.4, -0.2) is 16.0 Å². The maximum absolute atomic E-state index is 13.2. The molecular weight excluding hydrogens is 416 g/mol. The van der Waals surface area contributed by atoms with Gasteiger partial charge in [0.1, 0.15) is 5.82 Å². The molecule has 1 heterocycles. The predicted octanol–water partition coefficient (Wildman–Crippen LogP) is 5.27. The third-order valence-electron chi connectivity index (χ3n) is 3.18. The zero-order valence-corrected chi connectivity index (χ0v) is 16.1. The Bertz CT molecular complexity index is 1040. The van der Waals surface area contributed by atoms with Crippen LogP contribution in [0.3, 0.4) is 0 Å². The zero-order valence-electron chi connectivity index (χ0n) is 12.9. The van der Waals surface area contributed by atoms with Crippen LogP contribution in [0, 0.1) is 5.82 Å². The molecule has 1 aromatic heterocycles. The maximum atomic E-state index is 13.2. The Morgan fingerprint density at radius 3 is 2.81 bits per heavy atom. The number of carbonyl (C=O) groups excluding carboxylic acids is 1. The number of nitrogens with one attached hydrogen (secondary N) is 2. The molecule has 0 atom stereocenters. The van der Waals surface area contributed by atoms with Gasteiger partial charge in [-0.05, 0) is 54.2 Å². The molecular formula is C17H10Cl2FN3OS2. The molecule has 0 aliphatic carbocycles. The third-order valence-corrected chi connectivity index (χ3v) is 4.88. The minimum Gasteiger partial charge on any atom is -0.308 e. The Labute approximate surface area is 167 Å². The van der Waals surface area contributed by atoms with Crippen molar-refractivity contribution in [2.45, 2.75) is 0 Å². The number of nitrogens with zero attached hydrogens (tertiary/aromatic N) is 1. The smallest absolute Gasteiger partial charge is 0.250 e. The van der Waals surface area contributed by atoms with Crippen LogP contribution < -0.4 is 10.6 Å². The summed E-state index contributed by atoms with van der Waals surface area (Å²) in [4.78, 5) is 16.2. The molecule has 0 radical (unpaired) electrons. The fourth-order valence-corrected chi connectivity index (χ4v) is 3.66. The minimum atomic E-state index is -0.430. The van der Waals surface area contributed by atoms with Crippen molar-refractivity contribution in [3.05, 3.63) is 63.9 Å². The van der Waals surface area contributed by atoms with E-state index in [0.717, 1.165) is 0 Å². The van der Waals surface area contributed by atoms with E-state index in [1.807, 2.05) is 0 Å². The second-order valence-corrected chi connectivity index (χ2v) is 7.36. The fraction of sp³-hybridized carbons (Fsp3) is 0. The number of benzene rings is 2. The predicted molar refractivity (Wildman–Crippen MR) is 109 cm³/mol. The molecule has 0 unspecified atom stereocenters. The molecule has 132 valence electrons. The van der Waals surface area contributed by atoms with Crippen LogP contribution in [0.2, 0.25) is 10.0 Å². The van der Waals surface area contributed by atoms with Gasteiger partial charge in [0, 0.05) is 16.1 Å². The van der Waals surface area contributed by atoms with Crippen molar-refractivity contribution in [2.75, 3.05) is 5.32 Å². The van der Waals surface area contributed by atoms with Crippen molar-refractivity contribution in [1.29, 1.82) is 0 Å². The number of carbonyl (C=O) groups is 1. The van der Waals surface area contributed by atoms with Gasteiger partial charge in [0.2, 0.25) is 5.91 Å². The number of rotatable bonds is 3. The molecule has 0 spiro atoms. The lowest BCUT2D eigenvalue weighted by atomic mass is 10.2. The van der Waals surface area contributed by atoms with Crippen molar-refractivity contribution in [1.82, 2.24) is 10.3 Å². The molecule has 4 nitrogen and oxygen atoms in total. The number of fused-ring (bicyclic) bond motifs is 1. The van der Waals surface area contributed by atoms with E-state index in [4.69, 9.17) is 35.4 Å². The first-order valence-electron chi connectivity index (χ1n) is 7.22. The highest BCUT2D eigenvalue weighted by Gasteiger charge is 2.08. The van der Waals surface area contributed by atoms with Crippen molar-refractivity contribution < 1.29 is 9.18 Å². The van der Waals surface area contributed by atoms with Gasteiger partial charge in [-0.2, -0.15) is 0 Å². The van der Waals surface area contributed by atoms with Gasteiger partial charge in [-0.15, -0.1) is 0 Å². The topological polar surface area (TPSA) is 54.0 Å². The monoisotopic (exact) mass is 425 g/mol. The summed E-state index contributed by atoms with van der Waals surface area (Å²) in [6, 6.07) is 9.25. The highest BCUT2D eigenvalue weighted by atomic mass is 35.5. The minimum absolute atomic E-state index is 0.0846. The molecule has 2 aromatic carbocycles. The molecule has 0 aliphatic rings. The van der Waals surface area contributed by atoms with Crippen molar-refractivity contribution in [3.8, 4) is 0 Å². The number of aromatic nitrogens is 1. The molecule has 0 saturated carbocycles. The van der Waals surface area contributed by atoms with Crippen LogP contribution in [0.5, 0.6) is 0 Å². The van der Waals surface area contributed by atoms with Gasteiger partial charge in [-0.25, -0.2) is 9.37 Å². The number of thiocarbonyl (C=S) groups is 1. The van der Waals surface area contributed by atoms with E-state index in [1.54, 1.807) is 30.3 Å². The first-order chi connectivity index (χ1) is 12.4. The van der Waals surface area contributed by atoms with Crippen LogP contribution in [0.1, 0.15) is 5.56 Å². The summed E-state index contributed by atoms with van der Waals surface area (Å²) >= 11 is 18.2. The number of hydrogen-bond donors (Lipinski definition) is 2. The highest BCUT2D eigenvalue weighted by Crippen LogP contribution is 2.26. The van der Waals surface area contributed by atoms with Crippen molar-refractivity contribution in [3.63, 3.8) is 0 Å². The first kappa shape index (κ1) is 18.7. The molecule has 2 N–H and O–H groups in total. The molecule has 0 saturated heterocycles. The first-order valence-corrected chi connectivity index (χ1v) is 9.20. The number of amides is 1. The summed E-state index contributed by atoms with van der Waals surface area (Å²) in [5.74, 6) is -0.768. The Hall–Kier alpha value is -2.06. The summed E-state index contributed by atoms with van der Waals surface area (Å²) in [6.45, 7) is 0. The summed E-state index contributed by atoms with van der Waals surface area (Å²) in [7, 11) is 0. The summed E-state index contributed by atoms with van der Waals surface area (Å²) in [6.07, 6.45) is 2.86. The van der Waals surface area contributed by atoms with Gasteiger partial charge in [-0.3, -0.25) is 10.1 Å². The molecule has 3 rings (SSSR count). The number of halogens is 3. The lowest BCUT2D eigenvalue weighted by Gasteiger charge is -2.04. The van der Waals surface area contributed by atoms with E-state index in [2.05, 4.69) is 15.6 Å². The van der Waals surface area contributed by atoms with Crippen molar-refractivity contribution >= 4 is 79.2 Å². The number of hydrogen-bond acceptors (Lipinski definition) is 4. The third kappa shape index (κ3) is 4.76. The van der Waals surface area contributed by atoms with Gasteiger partial charge in [0.15, 0.2) is 10.2 Å². The molecule has 26 heavy (non-hydrogen) atoms. The van der Waals surface area contributed by atoms with E-state index >= 15 is 0 Å². The van der Waals surface area contributed by atoms with E-state index in [-0.39, 0.29) is 10.9 Å². The number of anilines is 1. The van der Waals surface area contributed by atoms with E-state index in [0.29, 0.717) is 31.0 Å². The SMILES string of the molecule is O=C(/C=C/c1ccc(Cl)cc1Cl)NC(=S)Nc1nc2ccc(F)cc2s1. The molecule has 1 amide bonds. The molecule has 0 aliphatic heterocycles. The summed E-state index contributed by atoms with van der Waals surface area (Å²) in [5, 5.41) is 6.80. The Kier molecular flexibility index (Phi) is 5.83. The second kappa shape index (κ2) is 8.09. The van der Waals surface area contributed by atoms with E-state index in [1.165, 1.54) is 29.5 Å². The largest absolute Gasteiger partial charge is 0.308 e. The molecule has 3 aromatic rings. The average molecular weight is 426 g/mol. The maximum Gasteiger partial charge on any atom is 0.250 e. The Balaban J connectivity index is 1.61. The van der Waals surface area contributed by atoms with Crippen LogP contribution >= 0.6 is 46.8 Å². The fourth-order valence-electron chi connectivity index (χ4n) is 2.04. The second-order valence-electron chi connectivity index (χ2n) is 5.07. The Morgan fingerprint density at radius 2 is 2.04 bits per heavy atom. The van der Waals surface area contributed by atoms with E-state index in [9.17, 15) is 9.18 Å². The summed E-state index contributed by atoms with van der Waals surface area (Å²) < 4.78 is 13.9. The van der Waals surface area contributed by atoms with Gasteiger partial charge in [0.05, 0.1) is 10.2 Å². The average Bonchev–Trinajstić information content (AvgIpc) is 2.95. The van der Waals surface area contributed by atoms with Crippen LogP contribution in [0.4, 0.5) is 9.52 Å². The van der Waals surface area contributed by atoms with Crippen LogP contribution in [0.15, 0.2) is 42.5 Å². The lowest BCUT2D eigenvalue weighted by Crippen LogP contribution is -2.32. The zero-order chi connectivity index (χ0) is 18.7. The van der Waals surface area contributed by atoms with Crippen LogP contribution in [-0.2, 0) is 4.79 Å². The number of thiazole rings is 1. The van der Waals surface area contributed by atoms with Crippen molar-refractivity contribution in [2.24, 2.45) is 0 Å². The summed E-state index contributed by atoms with van der Waals surface area (Å²) in [5.41, 5.74) is 1.29. The standard InChI is InChI=1S/C17H10Cl2FN3OS2/c18-10-3-1-9(12(19)7-10)2-6-15(24)22-16(25)23-17-21-13-5-4-11(20)8-14(13)26-17/h1-8H,(H2,21,22,23,24,25)/b6-2+.